The van der Waals surface area contributed by atoms with E-state index < -0.39 is 0 Å². The van der Waals surface area contributed by atoms with E-state index in [1.165, 1.54) is 5.56 Å². The second-order valence-corrected chi connectivity index (χ2v) is 7.92. The molecular weight excluding hydrogens is 376 g/mol. The molecule has 1 aliphatic heterocycles. The number of rotatable bonds is 6. The van der Waals surface area contributed by atoms with Crippen LogP contribution >= 0.6 is 0 Å². The van der Waals surface area contributed by atoms with Gasteiger partial charge in [0.15, 0.2) is 0 Å². The molecule has 1 amide bonds. The number of likely N-dealkylation sites (N-methyl/N-ethyl adjacent to an activating group) is 1. The minimum Gasteiger partial charge on any atom is -0.340 e. The number of piperazine rings is 1. The topological polar surface area (TPSA) is 58.4 Å². The van der Waals surface area contributed by atoms with Crippen molar-refractivity contribution < 1.29 is 4.79 Å². The highest BCUT2D eigenvalue weighted by Gasteiger charge is 2.20. The Morgan fingerprint density at radius 2 is 1.63 bits per heavy atom. The molecule has 30 heavy (non-hydrogen) atoms. The van der Waals surface area contributed by atoms with Crippen LogP contribution in [-0.2, 0) is 24.2 Å². The average molecular weight is 405 g/mol. The maximum Gasteiger partial charge on any atom is 0.272 e. The fourth-order valence-corrected chi connectivity index (χ4v) is 3.96. The van der Waals surface area contributed by atoms with Crippen molar-refractivity contribution in [2.45, 2.75) is 25.8 Å². The van der Waals surface area contributed by atoms with Crippen LogP contribution in [0.2, 0.25) is 0 Å². The Kier molecular flexibility index (Phi) is 6.23. The number of carbonyl (C=O) groups is 1. The van der Waals surface area contributed by atoms with E-state index in [1.54, 1.807) is 0 Å². The number of hydrogen-bond donors (Lipinski definition) is 0. The van der Waals surface area contributed by atoms with E-state index in [2.05, 4.69) is 29.1 Å². The summed E-state index contributed by atoms with van der Waals surface area (Å²) in [7, 11) is 2.07. The molecule has 0 N–H and O–H groups in total. The highest BCUT2D eigenvalue weighted by Crippen LogP contribution is 2.13. The van der Waals surface area contributed by atoms with E-state index in [0.29, 0.717) is 25.1 Å². The second-order valence-electron chi connectivity index (χ2n) is 7.92. The van der Waals surface area contributed by atoms with Crippen LogP contribution in [0, 0.1) is 0 Å². The van der Waals surface area contributed by atoms with Crippen molar-refractivity contribution in [2.75, 3.05) is 33.2 Å². The maximum absolute atomic E-state index is 13.2. The second kappa shape index (κ2) is 9.22. The van der Waals surface area contributed by atoms with Gasteiger partial charge in [0.25, 0.3) is 5.56 Å². The molecule has 0 unspecified atom stereocenters. The first-order valence-corrected chi connectivity index (χ1v) is 10.6. The number of aryl methyl sites for hydroxylation is 3. The zero-order chi connectivity index (χ0) is 20.9. The van der Waals surface area contributed by atoms with Crippen LogP contribution in [-0.4, -0.2) is 58.5 Å². The van der Waals surface area contributed by atoms with Crippen LogP contribution in [0.4, 0.5) is 0 Å². The van der Waals surface area contributed by atoms with Gasteiger partial charge in [-0.3, -0.25) is 9.59 Å². The lowest BCUT2D eigenvalue weighted by molar-refractivity contribution is -0.132. The van der Waals surface area contributed by atoms with Gasteiger partial charge in [-0.2, -0.15) is 0 Å². The number of nitrogens with zero attached hydrogens (tertiary/aromatic N) is 4. The van der Waals surface area contributed by atoms with Gasteiger partial charge in [-0.15, -0.1) is 0 Å². The summed E-state index contributed by atoms with van der Waals surface area (Å²) in [6, 6.07) is 17.9. The molecule has 0 radical (unpaired) electrons. The van der Waals surface area contributed by atoms with Gasteiger partial charge in [0, 0.05) is 45.6 Å². The molecule has 3 aromatic rings. The Hall–Kier alpha value is -2.99. The van der Waals surface area contributed by atoms with Gasteiger partial charge in [0.1, 0.15) is 5.69 Å². The van der Waals surface area contributed by atoms with Gasteiger partial charge in [-0.05, 0) is 31.2 Å². The summed E-state index contributed by atoms with van der Waals surface area (Å²) in [5, 5.41) is 0. The minimum absolute atomic E-state index is 0.0872. The van der Waals surface area contributed by atoms with Crippen molar-refractivity contribution in [1.82, 2.24) is 19.4 Å². The van der Waals surface area contributed by atoms with Gasteiger partial charge in [0.2, 0.25) is 5.91 Å². The first kappa shape index (κ1) is 20.3. The predicted molar refractivity (Wildman–Crippen MR) is 119 cm³/mol. The summed E-state index contributed by atoms with van der Waals surface area (Å²) < 4.78 is 1.81. The van der Waals surface area contributed by atoms with Crippen LogP contribution < -0.4 is 5.56 Å². The number of para-hydroxylation sites is 2. The zero-order valence-corrected chi connectivity index (χ0v) is 17.5. The van der Waals surface area contributed by atoms with Crippen LogP contribution in [0.25, 0.3) is 11.0 Å². The van der Waals surface area contributed by atoms with Crippen molar-refractivity contribution in [2.24, 2.45) is 0 Å². The molecule has 0 aliphatic carbocycles. The van der Waals surface area contributed by atoms with E-state index in [1.807, 2.05) is 51.9 Å². The van der Waals surface area contributed by atoms with Crippen LogP contribution in [0.15, 0.2) is 59.4 Å². The third kappa shape index (κ3) is 4.60. The quantitative estimate of drug-likeness (QED) is 0.633. The van der Waals surface area contributed by atoms with E-state index >= 15 is 0 Å². The molecule has 0 bridgehead atoms. The molecule has 156 valence electrons. The number of fused-ring (bicyclic) bond motifs is 1. The largest absolute Gasteiger partial charge is 0.340 e. The molecule has 6 nitrogen and oxygen atoms in total. The van der Waals surface area contributed by atoms with Gasteiger partial charge >= 0.3 is 0 Å². The highest BCUT2D eigenvalue weighted by molar-refractivity contribution is 5.77. The number of aromatic nitrogens is 2. The van der Waals surface area contributed by atoms with E-state index in [4.69, 9.17) is 0 Å². The molecule has 4 rings (SSSR count). The Bertz CT molecular complexity index is 1070. The summed E-state index contributed by atoms with van der Waals surface area (Å²) in [5.41, 5.74) is 3.22. The van der Waals surface area contributed by atoms with E-state index in [0.717, 1.165) is 43.6 Å². The van der Waals surface area contributed by atoms with Crippen molar-refractivity contribution in [3.63, 3.8) is 0 Å². The summed E-state index contributed by atoms with van der Waals surface area (Å²) in [6.07, 6.45) is 1.47. The van der Waals surface area contributed by atoms with Crippen molar-refractivity contribution in [1.29, 1.82) is 0 Å². The molecule has 1 fully saturated rings. The molecule has 1 aromatic heterocycles. The normalized spacial score (nSPS) is 14.9. The lowest BCUT2D eigenvalue weighted by Crippen LogP contribution is -2.47. The molecule has 2 heterocycles. The minimum atomic E-state index is -0.0872. The summed E-state index contributed by atoms with van der Waals surface area (Å²) in [5.74, 6) is 0.105. The summed E-state index contributed by atoms with van der Waals surface area (Å²) >= 11 is 0. The number of carbonyl (C=O) groups excluding carboxylic acids is 1. The Balaban J connectivity index is 1.54. The fourth-order valence-electron chi connectivity index (χ4n) is 3.96. The highest BCUT2D eigenvalue weighted by atomic mass is 16.2. The summed E-state index contributed by atoms with van der Waals surface area (Å²) in [6.45, 7) is 3.88. The monoisotopic (exact) mass is 404 g/mol. The van der Waals surface area contributed by atoms with Crippen molar-refractivity contribution in [3.05, 3.63) is 76.2 Å². The molecule has 0 saturated carbocycles. The van der Waals surface area contributed by atoms with Gasteiger partial charge < -0.3 is 14.4 Å². The maximum atomic E-state index is 13.2. The lowest BCUT2D eigenvalue weighted by atomic mass is 10.1. The Morgan fingerprint density at radius 3 is 2.40 bits per heavy atom. The SMILES string of the molecule is CN1CCN(C(=O)CCc2nc3ccccc3n(CCc3ccccc3)c2=O)CC1. The predicted octanol–water partition coefficient (Wildman–Crippen LogP) is 2.35. The lowest BCUT2D eigenvalue weighted by Gasteiger charge is -2.32. The summed E-state index contributed by atoms with van der Waals surface area (Å²) in [4.78, 5) is 34.6. The Morgan fingerprint density at radius 1 is 0.933 bits per heavy atom. The standard InChI is InChI=1S/C24H28N4O2/c1-26-15-17-27(18-16-26)23(29)12-11-21-24(30)28(14-13-19-7-3-2-4-8-19)22-10-6-5-9-20(22)25-21/h2-10H,11-18H2,1H3. The number of benzene rings is 2. The molecule has 0 atom stereocenters. The third-order valence-electron chi connectivity index (χ3n) is 5.82. The first-order chi connectivity index (χ1) is 14.6. The van der Waals surface area contributed by atoms with E-state index in [9.17, 15) is 9.59 Å². The third-order valence-corrected chi connectivity index (χ3v) is 5.82. The molecule has 1 aliphatic rings. The van der Waals surface area contributed by atoms with Gasteiger partial charge in [-0.25, -0.2) is 4.98 Å². The molecule has 6 heteroatoms. The number of hydrogen-bond acceptors (Lipinski definition) is 4. The zero-order valence-electron chi connectivity index (χ0n) is 17.5. The van der Waals surface area contributed by atoms with E-state index in [-0.39, 0.29) is 11.5 Å². The molecule has 0 spiro atoms. The van der Waals surface area contributed by atoms with Gasteiger partial charge in [-0.1, -0.05) is 42.5 Å². The fraction of sp³-hybridized carbons (Fsp3) is 0.375. The number of amides is 1. The van der Waals surface area contributed by atoms with Crippen molar-refractivity contribution >= 4 is 16.9 Å². The molecule has 1 saturated heterocycles. The van der Waals surface area contributed by atoms with Crippen LogP contribution in [0.1, 0.15) is 17.7 Å². The molecule has 2 aromatic carbocycles. The average Bonchev–Trinajstić information content (AvgIpc) is 2.78. The van der Waals surface area contributed by atoms with Crippen molar-refractivity contribution in [3.8, 4) is 0 Å². The van der Waals surface area contributed by atoms with Crippen LogP contribution in [0.5, 0.6) is 0 Å². The van der Waals surface area contributed by atoms with Gasteiger partial charge in [0.05, 0.1) is 11.0 Å². The Labute approximate surface area is 176 Å². The molecular formula is C24H28N4O2. The van der Waals surface area contributed by atoms with Crippen LogP contribution in [0.3, 0.4) is 0 Å². The smallest absolute Gasteiger partial charge is 0.272 e. The first-order valence-electron chi connectivity index (χ1n) is 10.6.